The van der Waals surface area contributed by atoms with Gasteiger partial charge in [0.1, 0.15) is 11.4 Å². The molecule has 0 fully saturated rings. The highest BCUT2D eigenvalue weighted by Crippen LogP contribution is 2.22. The molecule has 0 unspecified atom stereocenters. The molecular weight excluding hydrogens is 336 g/mol. The molecule has 4 heteroatoms. The predicted molar refractivity (Wildman–Crippen MR) is 107 cm³/mol. The highest BCUT2D eigenvalue weighted by atomic mass is 16.3. The van der Waals surface area contributed by atoms with Crippen molar-refractivity contribution >= 4 is 16.8 Å². The fraction of sp³-hybridized carbons (Fsp3) is 0.0870. The van der Waals surface area contributed by atoms with Gasteiger partial charge in [-0.25, -0.2) is 0 Å². The Balaban J connectivity index is 1.65. The highest BCUT2D eigenvalue weighted by Gasteiger charge is 2.16. The minimum Gasteiger partial charge on any atom is -0.508 e. The van der Waals surface area contributed by atoms with Crippen LogP contribution in [0.25, 0.3) is 10.9 Å². The number of carbonyl (C=O) groups is 1. The fourth-order valence-corrected chi connectivity index (χ4v) is 3.26. The Bertz CT molecular complexity index is 1080. The standard InChI is InChI=1S/C23H20N2O2/c26-22-13-7-5-11-19(22)15-24-23(27)21-14-18-10-4-6-12-20(18)25(21)16-17-8-2-1-3-9-17/h1-14,26H,15-16H2,(H,24,27). The zero-order valence-electron chi connectivity index (χ0n) is 14.8. The number of amides is 1. The largest absolute Gasteiger partial charge is 0.508 e. The molecule has 0 atom stereocenters. The van der Waals surface area contributed by atoms with Gasteiger partial charge < -0.3 is 15.0 Å². The number of phenolic OH excluding ortho intramolecular Hbond substituents is 1. The Morgan fingerprint density at radius 1 is 0.889 bits per heavy atom. The monoisotopic (exact) mass is 356 g/mol. The van der Waals surface area contributed by atoms with E-state index in [-0.39, 0.29) is 18.2 Å². The average Bonchev–Trinajstić information content (AvgIpc) is 3.07. The first-order valence-electron chi connectivity index (χ1n) is 8.89. The number of para-hydroxylation sites is 2. The molecule has 4 rings (SSSR count). The lowest BCUT2D eigenvalue weighted by Crippen LogP contribution is -2.25. The summed E-state index contributed by atoms with van der Waals surface area (Å²) in [7, 11) is 0. The van der Waals surface area contributed by atoms with Crippen LogP contribution in [0.2, 0.25) is 0 Å². The molecule has 0 radical (unpaired) electrons. The van der Waals surface area contributed by atoms with E-state index in [1.54, 1.807) is 18.2 Å². The summed E-state index contributed by atoms with van der Waals surface area (Å²) < 4.78 is 2.03. The molecule has 0 spiro atoms. The van der Waals surface area contributed by atoms with Gasteiger partial charge in [-0.2, -0.15) is 0 Å². The van der Waals surface area contributed by atoms with Gasteiger partial charge in [0.25, 0.3) is 5.91 Å². The maximum Gasteiger partial charge on any atom is 0.268 e. The summed E-state index contributed by atoms with van der Waals surface area (Å²) in [6, 6.07) is 27.0. The van der Waals surface area contributed by atoms with Gasteiger partial charge in [-0.1, -0.05) is 66.7 Å². The van der Waals surface area contributed by atoms with Crippen molar-refractivity contribution in [3.8, 4) is 5.75 Å². The molecule has 0 saturated heterocycles. The van der Waals surface area contributed by atoms with E-state index < -0.39 is 0 Å². The Morgan fingerprint density at radius 3 is 2.41 bits per heavy atom. The number of nitrogens with one attached hydrogen (secondary N) is 1. The van der Waals surface area contributed by atoms with Crippen LogP contribution < -0.4 is 5.32 Å². The summed E-state index contributed by atoms with van der Waals surface area (Å²) >= 11 is 0. The van der Waals surface area contributed by atoms with Crippen LogP contribution in [0.1, 0.15) is 21.6 Å². The Morgan fingerprint density at radius 2 is 1.59 bits per heavy atom. The molecule has 4 nitrogen and oxygen atoms in total. The van der Waals surface area contributed by atoms with Crippen molar-refractivity contribution in [1.82, 2.24) is 9.88 Å². The van der Waals surface area contributed by atoms with Crippen molar-refractivity contribution in [2.75, 3.05) is 0 Å². The third-order valence-electron chi connectivity index (χ3n) is 4.66. The minimum absolute atomic E-state index is 0.162. The first-order valence-corrected chi connectivity index (χ1v) is 8.89. The average molecular weight is 356 g/mol. The Kier molecular flexibility index (Phi) is 4.62. The van der Waals surface area contributed by atoms with Crippen molar-refractivity contribution in [2.24, 2.45) is 0 Å². The second-order valence-electron chi connectivity index (χ2n) is 6.47. The lowest BCUT2D eigenvalue weighted by molar-refractivity contribution is 0.0942. The lowest BCUT2D eigenvalue weighted by atomic mass is 10.2. The molecule has 0 aliphatic carbocycles. The summed E-state index contributed by atoms with van der Waals surface area (Å²) in [6.07, 6.45) is 0. The van der Waals surface area contributed by atoms with Crippen LogP contribution in [0.15, 0.2) is 84.9 Å². The molecule has 3 aromatic carbocycles. The van der Waals surface area contributed by atoms with E-state index >= 15 is 0 Å². The van der Waals surface area contributed by atoms with Gasteiger partial charge in [0.05, 0.1) is 0 Å². The van der Waals surface area contributed by atoms with Crippen LogP contribution in [-0.2, 0) is 13.1 Å². The fourth-order valence-electron chi connectivity index (χ4n) is 3.26. The maximum absolute atomic E-state index is 12.9. The molecule has 1 heterocycles. The first-order chi connectivity index (χ1) is 13.2. The van der Waals surface area contributed by atoms with E-state index in [9.17, 15) is 9.90 Å². The molecule has 1 amide bonds. The number of phenols is 1. The SMILES string of the molecule is O=C(NCc1ccccc1O)c1cc2ccccc2n1Cc1ccccc1. The van der Waals surface area contributed by atoms with Gasteiger partial charge in [0.2, 0.25) is 0 Å². The molecule has 0 aliphatic heterocycles. The number of hydrogen-bond acceptors (Lipinski definition) is 2. The highest BCUT2D eigenvalue weighted by molar-refractivity contribution is 5.98. The molecule has 2 N–H and O–H groups in total. The van der Waals surface area contributed by atoms with E-state index in [4.69, 9.17) is 0 Å². The second kappa shape index (κ2) is 7.38. The number of hydrogen-bond donors (Lipinski definition) is 2. The van der Waals surface area contributed by atoms with Crippen molar-refractivity contribution in [2.45, 2.75) is 13.1 Å². The number of fused-ring (bicyclic) bond motifs is 1. The second-order valence-corrected chi connectivity index (χ2v) is 6.47. The third kappa shape index (κ3) is 3.55. The van der Waals surface area contributed by atoms with Gasteiger partial charge in [-0.15, -0.1) is 0 Å². The van der Waals surface area contributed by atoms with Crippen LogP contribution in [0.5, 0.6) is 5.75 Å². The molecule has 4 aromatic rings. The Hall–Kier alpha value is -3.53. The maximum atomic E-state index is 12.9. The van der Waals surface area contributed by atoms with Gasteiger partial charge >= 0.3 is 0 Å². The van der Waals surface area contributed by atoms with E-state index in [1.165, 1.54) is 0 Å². The number of aromatic nitrogens is 1. The van der Waals surface area contributed by atoms with E-state index in [2.05, 4.69) is 17.4 Å². The smallest absolute Gasteiger partial charge is 0.268 e. The molecular formula is C23H20N2O2. The number of benzene rings is 3. The van der Waals surface area contributed by atoms with Crippen LogP contribution in [0.3, 0.4) is 0 Å². The summed E-state index contributed by atoms with van der Waals surface area (Å²) in [4.78, 5) is 12.9. The van der Waals surface area contributed by atoms with Crippen LogP contribution in [-0.4, -0.2) is 15.6 Å². The predicted octanol–water partition coefficient (Wildman–Crippen LogP) is 4.33. The molecule has 0 bridgehead atoms. The summed E-state index contributed by atoms with van der Waals surface area (Å²) in [6.45, 7) is 0.895. The molecule has 0 aliphatic rings. The Labute approximate surface area is 157 Å². The van der Waals surface area contributed by atoms with Gasteiger partial charge in [-0.05, 0) is 23.8 Å². The first kappa shape index (κ1) is 16.9. The molecule has 1 aromatic heterocycles. The van der Waals surface area contributed by atoms with E-state index in [1.807, 2.05) is 59.2 Å². The van der Waals surface area contributed by atoms with Crippen molar-refractivity contribution < 1.29 is 9.90 Å². The normalized spacial score (nSPS) is 10.8. The lowest BCUT2D eigenvalue weighted by Gasteiger charge is -2.12. The molecule has 0 saturated carbocycles. The van der Waals surface area contributed by atoms with Gasteiger partial charge in [0.15, 0.2) is 0 Å². The van der Waals surface area contributed by atoms with E-state index in [0.29, 0.717) is 17.8 Å². The number of aromatic hydroxyl groups is 1. The van der Waals surface area contributed by atoms with Crippen LogP contribution in [0.4, 0.5) is 0 Å². The summed E-state index contributed by atoms with van der Waals surface area (Å²) in [5.41, 5.74) is 3.45. The van der Waals surface area contributed by atoms with E-state index in [0.717, 1.165) is 16.5 Å². The topological polar surface area (TPSA) is 54.3 Å². The zero-order chi connectivity index (χ0) is 18.6. The van der Waals surface area contributed by atoms with Crippen LogP contribution in [0, 0.1) is 0 Å². The summed E-state index contributed by atoms with van der Waals surface area (Å²) in [5.74, 6) is 0.0213. The quantitative estimate of drug-likeness (QED) is 0.559. The number of nitrogens with zero attached hydrogens (tertiary/aromatic N) is 1. The van der Waals surface area contributed by atoms with Crippen molar-refractivity contribution in [3.63, 3.8) is 0 Å². The van der Waals surface area contributed by atoms with Crippen molar-refractivity contribution in [1.29, 1.82) is 0 Å². The molecule has 134 valence electrons. The van der Waals surface area contributed by atoms with Gasteiger partial charge in [0, 0.05) is 29.6 Å². The third-order valence-corrected chi connectivity index (χ3v) is 4.66. The van der Waals surface area contributed by atoms with Crippen LogP contribution >= 0.6 is 0 Å². The molecule has 27 heavy (non-hydrogen) atoms. The summed E-state index contributed by atoms with van der Waals surface area (Å²) in [5, 5.41) is 13.9. The van der Waals surface area contributed by atoms with Crippen molar-refractivity contribution in [3.05, 3.63) is 102 Å². The van der Waals surface area contributed by atoms with Gasteiger partial charge in [-0.3, -0.25) is 4.79 Å². The number of rotatable bonds is 5. The minimum atomic E-state index is -0.162. The zero-order valence-corrected chi connectivity index (χ0v) is 14.8. The number of carbonyl (C=O) groups excluding carboxylic acids is 1.